The lowest BCUT2D eigenvalue weighted by Gasteiger charge is -2.31. The van der Waals surface area contributed by atoms with Crippen molar-refractivity contribution in [2.75, 3.05) is 13.1 Å². The highest BCUT2D eigenvalue weighted by molar-refractivity contribution is 7.91. The summed E-state index contributed by atoms with van der Waals surface area (Å²) in [6.07, 6.45) is 5.60. The summed E-state index contributed by atoms with van der Waals surface area (Å²) in [6.45, 7) is 0.986. The third-order valence-electron chi connectivity index (χ3n) is 3.65. The van der Waals surface area contributed by atoms with Crippen molar-refractivity contribution in [2.24, 2.45) is 0 Å². The van der Waals surface area contributed by atoms with Gasteiger partial charge in [-0.15, -0.1) is 11.3 Å². The molecule has 0 unspecified atom stereocenters. The van der Waals surface area contributed by atoms with Crippen molar-refractivity contribution in [1.29, 1.82) is 0 Å². The van der Waals surface area contributed by atoms with Crippen molar-refractivity contribution in [3.63, 3.8) is 0 Å². The average Bonchev–Trinajstić information content (AvgIpc) is 3.11. The molecule has 1 aliphatic rings. The van der Waals surface area contributed by atoms with Gasteiger partial charge >= 0.3 is 0 Å². The van der Waals surface area contributed by atoms with Crippen molar-refractivity contribution in [1.82, 2.24) is 19.6 Å². The van der Waals surface area contributed by atoms with E-state index < -0.39 is 10.0 Å². The van der Waals surface area contributed by atoms with Crippen molar-refractivity contribution < 1.29 is 13.2 Å². The fraction of sp³-hybridized carbons (Fsp3) is 0.357. The Morgan fingerprint density at radius 2 is 2.09 bits per heavy atom. The molecule has 1 amide bonds. The van der Waals surface area contributed by atoms with Gasteiger partial charge < -0.3 is 4.90 Å². The molecule has 3 rings (SSSR count). The second-order valence-electron chi connectivity index (χ2n) is 5.21. The molecule has 1 fully saturated rings. The lowest BCUT2D eigenvalue weighted by atomic mass is 10.1. The Balaban J connectivity index is 1.58. The lowest BCUT2D eigenvalue weighted by molar-refractivity contribution is 0.0705. The van der Waals surface area contributed by atoms with Crippen LogP contribution >= 0.6 is 11.3 Å². The molecule has 7 nitrogen and oxygen atoms in total. The van der Waals surface area contributed by atoms with Gasteiger partial charge in [0.1, 0.15) is 9.90 Å². The quantitative estimate of drug-likeness (QED) is 0.890. The average molecular weight is 352 g/mol. The Labute approximate surface area is 138 Å². The Bertz CT molecular complexity index is 755. The summed E-state index contributed by atoms with van der Waals surface area (Å²) in [4.78, 5) is 21.8. The van der Waals surface area contributed by atoms with Crippen LogP contribution in [0.2, 0.25) is 0 Å². The van der Waals surface area contributed by atoms with E-state index in [0.29, 0.717) is 35.8 Å². The number of thiophene rings is 1. The Hall–Kier alpha value is -1.84. The number of hydrogen-bond acceptors (Lipinski definition) is 6. The zero-order valence-corrected chi connectivity index (χ0v) is 13.9. The summed E-state index contributed by atoms with van der Waals surface area (Å²) in [5, 5.41) is 1.73. The maximum Gasteiger partial charge on any atom is 0.274 e. The molecule has 0 spiro atoms. The van der Waals surface area contributed by atoms with E-state index in [4.69, 9.17) is 0 Å². The fourth-order valence-electron chi connectivity index (χ4n) is 2.47. The molecule has 0 aliphatic carbocycles. The molecule has 2 aromatic rings. The van der Waals surface area contributed by atoms with E-state index in [0.717, 1.165) is 0 Å². The summed E-state index contributed by atoms with van der Waals surface area (Å²) in [5.74, 6) is -0.169. The molecule has 1 aliphatic heterocycles. The van der Waals surface area contributed by atoms with Gasteiger partial charge in [0.25, 0.3) is 5.91 Å². The number of sulfonamides is 1. The number of piperidine rings is 1. The van der Waals surface area contributed by atoms with Crippen molar-refractivity contribution >= 4 is 27.3 Å². The van der Waals surface area contributed by atoms with Crippen molar-refractivity contribution in [3.8, 4) is 0 Å². The number of rotatable bonds is 4. The predicted octanol–water partition coefficient (Wildman–Crippen LogP) is 1.12. The molecule has 2 aromatic heterocycles. The maximum atomic E-state index is 12.3. The Morgan fingerprint density at radius 1 is 1.30 bits per heavy atom. The van der Waals surface area contributed by atoms with E-state index in [1.165, 1.54) is 29.9 Å². The van der Waals surface area contributed by atoms with Gasteiger partial charge in [0, 0.05) is 31.5 Å². The molecule has 1 saturated heterocycles. The van der Waals surface area contributed by atoms with Gasteiger partial charge in [0.05, 0.1) is 6.20 Å². The number of aromatic nitrogens is 2. The third kappa shape index (κ3) is 3.74. The van der Waals surface area contributed by atoms with Crippen LogP contribution in [-0.4, -0.2) is 48.3 Å². The second kappa shape index (κ2) is 6.73. The van der Waals surface area contributed by atoms with Gasteiger partial charge in [0.2, 0.25) is 10.0 Å². The van der Waals surface area contributed by atoms with Crippen LogP contribution in [0.5, 0.6) is 0 Å². The highest BCUT2D eigenvalue weighted by Crippen LogP contribution is 2.19. The summed E-state index contributed by atoms with van der Waals surface area (Å²) in [7, 11) is -3.46. The van der Waals surface area contributed by atoms with Crippen LogP contribution in [-0.2, 0) is 10.0 Å². The predicted molar refractivity (Wildman–Crippen MR) is 85.6 cm³/mol. The van der Waals surface area contributed by atoms with E-state index in [-0.39, 0.29) is 11.9 Å². The molecule has 9 heteroatoms. The summed E-state index contributed by atoms with van der Waals surface area (Å²) in [5.41, 5.74) is 0.310. The summed E-state index contributed by atoms with van der Waals surface area (Å²) >= 11 is 1.19. The minimum Gasteiger partial charge on any atom is -0.337 e. The maximum absolute atomic E-state index is 12.3. The van der Waals surface area contributed by atoms with Gasteiger partial charge in [-0.1, -0.05) is 6.07 Å². The largest absolute Gasteiger partial charge is 0.337 e. The van der Waals surface area contributed by atoms with Gasteiger partial charge in [0.15, 0.2) is 0 Å². The van der Waals surface area contributed by atoms with Gasteiger partial charge in [-0.25, -0.2) is 18.1 Å². The summed E-state index contributed by atoms with van der Waals surface area (Å²) < 4.78 is 27.4. The Morgan fingerprint density at radius 3 is 2.70 bits per heavy atom. The normalized spacial score (nSPS) is 16.4. The SMILES string of the molecule is O=C(c1cnccn1)N1CCC(NS(=O)(=O)c2cccs2)CC1. The number of carbonyl (C=O) groups is 1. The molecule has 0 aromatic carbocycles. The van der Waals surface area contributed by atoms with E-state index in [1.807, 2.05) is 0 Å². The van der Waals surface area contributed by atoms with Crippen LogP contribution in [0.1, 0.15) is 23.3 Å². The monoisotopic (exact) mass is 352 g/mol. The van der Waals surface area contributed by atoms with Crippen LogP contribution in [0, 0.1) is 0 Å². The highest BCUT2D eigenvalue weighted by atomic mass is 32.2. The minimum absolute atomic E-state index is 0.159. The van der Waals surface area contributed by atoms with Crippen LogP contribution in [0.3, 0.4) is 0 Å². The molecule has 0 bridgehead atoms. The number of carbonyl (C=O) groups excluding carboxylic acids is 1. The minimum atomic E-state index is -3.46. The van der Waals surface area contributed by atoms with E-state index in [1.54, 1.807) is 22.4 Å². The number of nitrogens with one attached hydrogen (secondary N) is 1. The van der Waals surface area contributed by atoms with Crippen LogP contribution in [0.15, 0.2) is 40.3 Å². The highest BCUT2D eigenvalue weighted by Gasteiger charge is 2.27. The van der Waals surface area contributed by atoms with Crippen LogP contribution in [0.4, 0.5) is 0 Å². The van der Waals surface area contributed by atoms with Crippen molar-refractivity contribution in [2.45, 2.75) is 23.1 Å². The first-order valence-electron chi connectivity index (χ1n) is 7.17. The van der Waals surface area contributed by atoms with Crippen LogP contribution in [0.25, 0.3) is 0 Å². The van der Waals surface area contributed by atoms with Crippen LogP contribution < -0.4 is 4.72 Å². The van der Waals surface area contributed by atoms with Crippen molar-refractivity contribution in [3.05, 3.63) is 41.8 Å². The zero-order chi connectivity index (χ0) is 16.3. The molecule has 3 heterocycles. The number of likely N-dealkylation sites (tertiary alicyclic amines) is 1. The molecule has 0 saturated carbocycles. The van der Waals surface area contributed by atoms with E-state index in [2.05, 4.69) is 14.7 Å². The molecular weight excluding hydrogens is 336 g/mol. The first kappa shape index (κ1) is 16.0. The molecule has 1 N–H and O–H groups in total. The molecular formula is C14H16N4O3S2. The van der Waals surface area contributed by atoms with E-state index >= 15 is 0 Å². The van der Waals surface area contributed by atoms with Gasteiger partial charge in [-0.05, 0) is 24.3 Å². The number of amides is 1. The number of hydrogen-bond donors (Lipinski definition) is 1. The van der Waals surface area contributed by atoms with E-state index in [9.17, 15) is 13.2 Å². The first-order valence-corrected chi connectivity index (χ1v) is 9.54. The first-order chi connectivity index (χ1) is 11.1. The topological polar surface area (TPSA) is 92.3 Å². The molecule has 122 valence electrons. The van der Waals surface area contributed by atoms with Gasteiger partial charge in [-0.3, -0.25) is 9.78 Å². The Kier molecular flexibility index (Phi) is 4.69. The second-order valence-corrected chi connectivity index (χ2v) is 8.10. The lowest BCUT2D eigenvalue weighted by Crippen LogP contribution is -2.46. The standard InChI is InChI=1S/C14H16N4O3S2/c19-14(12-10-15-5-6-16-12)18-7-3-11(4-8-18)17-23(20,21)13-2-1-9-22-13/h1-2,5-6,9-11,17H,3-4,7-8H2. The summed E-state index contributed by atoms with van der Waals surface area (Å²) in [6, 6.07) is 3.13. The zero-order valence-electron chi connectivity index (χ0n) is 12.3. The third-order valence-corrected chi connectivity index (χ3v) is 6.56. The molecule has 23 heavy (non-hydrogen) atoms. The molecule has 0 radical (unpaired) electrons. The number of nitrogens with zero attached hydrogens (tertiary/aromatic N) is 3. The molecule has 0 atom stereocenters. The fourth-order valence-corrected chi connectivity index (χ4v) is 4.78. The van der Waals surface area contributed by atoms with Gasteiger partial charge in [-0.2, -0.15) is 0 Å². The smallest absolute Gasteiger partial charge is 0.274 e.